The van der Waals surface area contributed by atoms with Gasteiger partial charge in [0.05, 0.1) is 20.3 Å². The zero-order valence-corrected chi connectivity index (χ0v) is 12.8. The molecule has 1 saturated heterocycles. The summed E-state index contributed by atoms with van der Waals surface area (Å²) in [6, 6.07) is 6.93. The van der Waals surface area contributed by atoms with Crippen LogP contribution in [-0.2, 0) is 17.8 Å². The molecule has 1 aliphatic rings. The van der Waals surface area contributed by atoms with E-state index in [-0.39, 0.29) is 0 Å². The van der Waals surface area contributed by atoms with E-state index < -0.39 is 0 Å². The monoisotopic (exact) mass is 278 g/mol. The summed E-state index contributed by atoms with van der Waals surface area (Å²) in [7, 11) is 1.74. The molecule has 1 aliphatic heterocycles. The van der Waals surface area contributed by atoms with E-state index in [4.69, 9.17) is 9.47 Å². The van der Waals surface area contributed by atoms with Crippen LogP contribution < -0.4 is 10.1 Å². The average Bonchev–Trinajstić information content (AvgIpc) is 2.48. The van der Waals surface area contributed by atoms with Crippen molar-refractivity contribution in [2.24, 2.45) is 0 Å². The minimum atomic E-state index is 0.464. The van der Waals surface area contributed by atoms with Gasteiger partial charge < -0.3 is 14.8 Å². The molecular formula is C16H26N2O2. The Balaban J connectivity index is 2.10. The molecule has 1 heterocycles. The van der Waals surface area contributed by atoms with Crippen LogP contribution in [0.4, 0.5) is 0 Å². The molecule has 2 rings (SSSR count). The highest BCUT2D eigenvalue weighted by Gasteiger charge is 2.20. The maximum absolute atomic E-state index is 5.50. The maximum Gasteiger partial charge on any atom is 0.123 e. The van der Waals surface area contributed by atoms with E-state index in [0.717, 1.165) is 45.1 Å². The van der Waals surface area contributed by atoms with Gasteiger partial charge in [-0.05, 0) is 31.2 Å². The van der Waals surface area contributed by atoms with Gasteiger partial charge in [-0.1, -0.05) is 13.0 Å². The Morgan fingerprint density at radius 2 is 2.30 bits per heavy atom. The fourth-order valence-electron chi connectivity index (χ4n) is 2.55. The van der Waals surface area contributed by atoms with E-state index in [2.05, 4.69) is 42.3 Å². The molecule has 0 radical (unpaired) electrons. The average molecular weight is 278 g/mol. The first-order valence-electron chi connectivity index (χ1n) is 7.43. The molecule has 4 heteroatoms. The van der Waals surface area contributed by atoms with Crippen molar-refractivity contribution in [2.45, 2.75) is 33.0 Å². The molecule has 0 aromatic heterocycles. The van der Waals surface area contributed by atoms with Gasteiger partial charge in [0.1, 0.15) is 5.75 Å². The van der Waals surface area contributed by atoms with E-state index in [1.807, 2.05) is 0 Å². The molecule has 1 N–H and O–H groups in total. The molecule has 1 aromatic carbocycles. The van der Waals surface area contributed by atoms with E-state index in [0.29, 0.717) is 6.04 Å². The van der Waals surface area contributed by atoms with Crippen molar-refractivity contribution in [2.75, 3.05) is 33.4 Å². The number of ether oxygens (including phenoxy) is 2. The van der Waals surface area contributed by atoms with Crippen LogP contribution in [0.15, 0.2) is 18.2 Å². The molecular weight excluding hydrogens is 252 g/mol. The smallest absolute Gasteiger partial charge is 0.123 e. The van der Waals surface area contributed by atoms with Gasteiger partial charge in [0.2, 0.25) is 0 Å². The zero-order chi connectivity index (χ0) is 14.4. The summed E-state index contributed by atoms with van der Waals surface area (Å²) >= 11 is 0. The molecule has 1 fully saturated rings. The lowest BCUT2D eigenvalue weighted by molar-refractivity contribution is -0.00464. The molecule has 112 valence electrons. The quantitative estimate of drug-likeness (QED) is 0.863. The van der Waals surface area contributed by atoms with Crippen molar-refractivity contribution in [3.8, 4) is 5.75 Å². The fourth-order valence-corrected chi connectivity index (χ4v) is 2.55. The van der Waals surface area contributed by atoms with Crippen LogP contribution in [0.5, 0.6) is 5.75 Å². The Kier molecular flexibility index (Phi) is 5.83. The van der Waals surface area contributed by atoms with Crippen LogP contribution >= 0.6 is 0 Å². The number of nitrogens with one attached hydrogen (secondary N) is 1. The Morgan fingerprint density at radius 3 is 3.00 bits per heavy atom. The first kappa shape index (κ1) is 15.3. The molecule has 0 spiro atoms. The van der Waals surface area contributed by atoms with Gasteiger partial charge in [-0.2, -0.15) is 0 Å². The summed E-state index contributed by atoms with van der Waals surface area (Å²) in [6.45, 7) is 9.79. The van der Waals surface area contributed by atoms with E-state index >= 15 is 0 Å². The number of methoxy groups -OCH3 is 1. The third kappa shape index (κ3) is 3.95. The van der Waals surface area contributed by atoms with E-state index in [1.165, 1.54) is 11.1 Å². The highest BCUT2D eigenvalue weighted by Crippen LogP contribution is 2.23. The van der Waals surface area contributed by atoms with Crippen molar-refractivity contribution < 1.29 is 9.47 Å². The molecule has 1 atom stereocenters. The van der Waals surface area contributed by atoms with Crippen molar-refractivity contribution in [1.29, 1.82) is 0 Å². The number of rotatable bonds is 6. The molecule has 4 nitrogen and oxygen atoms in total. The second-order valence-corrected chi connectivity index (χ2v) is 5.32. The fraction of sp³-hybridized carbons (Fsp3) is 0.625. The molecule has 0 saturated carbocycles. The summed E-state index contributed by atoms with van der Waals surface area (Å²) < 4.78 is 11.0. The predicted octanol–water partition coefficient (Wildman–Crippen LogP) is 2.03. The van der Waals surface area contributed by atoms with Crippen LogP contribution in [0, 0.1) is 0 Å². The zero-order valence-electron chi connectivity index (χ0n) is 12.8. The minimum Gasteiger partial charge on any atom is -0.496 e. The van der Waals surface area contributed by atoms with Gasteiger partial charge in [-0.15, -0.1) is 0 Å². The third-order valence-electron chi connectivity index (χ3n) is 3.80. The minimum absolute atomic E-state index is 0.464. The Morgan fingerprint density at radius 1 is 1.45 bits per heavy atom. The molecule has 20 heavy (non-hydrogen) atoms. The molecule has 0 bridgehead atoms. The van der Waals surface area contributed by atoms with Gasteiger partial charge in [-0.25, -0.2) is 0 Å². The molecule has 1 aromatic rings. The van der Waals surface area contributed by atoms with Crippen molar-refractivity contribution in [1.82, 2.24) is 10.2 Å². The lowest BCUT2D eigenvalue weighted by Crippen LogP contribution is -2.43. The maximum atomic E-state index is 5.50. The van der Waals surface area contributed by atoms with Crippen molar-refractivity contribution >= 4 is 0 Å². The van der Waals surface area contributed by atoms with Crippen molar-refractivity contribution in [3.05, 3.63) is 29.3 Å². The second-order valence-electron chi connectivity index (χ2n) is 5.32. The number of hydrogen-bond acceptors (Lipinski definition) is 4. The molecule has 0 amide bonds. The Bertz CT molecular complexity index is 423. The summed E-state index contributed by atoms with van der Waals surface area (Å²) in [4.78, 5) is 2.46. The molecule has 1 unspecified atom stereocenters. The lowest BCUT2D eigenvalue weighted by atomic mass is 10.1. The van der Waals surface area contributed by atoms with E-state index in [1.54, 1.807) is 7.11 Å². The van der Waals surface area contributed by atoms with Crippen LogP contribution in [0.2, 0.25) is 0 Å². The number of hydrogen-bond donors (Lipinski definition) is 1. The van der Waals surface area contributed by atoms with Gasteiger partial charge >= 0.3 is 0 Å². The largest absolute Gasteiger partial charge is 0.496 e. The van der Waals surface area contributed by atoms with Crippen molar-refractivity contribution in [3.63, 3.8) is 0 Å². The first-order chi connectivity index (χ1) is 9.74. The first-order valence-corrected chi connectivity index (χ1v) is 7.43. The summed E-state index contributed by atoms with van der Waals surface area (Å²) in [5.41, 5.74) is 2.57. The normalized spacial score (nSPS) is 20.1. The summed E-state index contributed by atoms with van der Waals surface area (Å²) in [5.74, 6) is 0.976. The standard InChI is InChI=1S/C16H26N2O2/c1-4-17-10-14-5-6-16(19-3)15(9-14)11-18-7-8-20-12-13(18)2/h5-6,9,13,17H,4,7-8,10-12H2,1-3H3. The summed E-state index contributed by atoms with van der Waals surface area (Å²) in [5, 5.41) is 3.37. The lowest BCUT2D eigenvalue weighted by Gasteiger charge is -2.33. The van der Waals surface area contributed by atoms with Crippen LogP contribution in [0.1, 0.15) is 25.0 Å². The van der Waals surface area contributed by atoms with Gasteiger partial charge in [0.25, 0.3) is 0 Å². The number of morpholine rings is 1. The van der Waals surface area contributed by atoms with Gasteiger partial charge in [-0.3, -0.25) is 4.90 Å². The highest BCUT2D eigenvalue weighted by molar-refractivity contribution is 5.37. The summed E-state index contributed by atoms with van der Waals surface area (Å²) in [6.07, 6.45) is 0. The van der Waals surface area contributed by atoms with Gasteiger partial charge in [0, 0.05) is 31.2 Å². The highest BCUT2D eigenvalue weighted by atomic mass is 16.5. The van der Waals surface area contributed by atoms with Crippen LogP contribution in [0.25, 0.3) is 0 Å². The topological polar surface area (TPSA) is 33.7 Å². The number of benzene rings is 1. The predicted molar refractivity (Wildman–Crippen MR) is 81.1 cm³/mol. The van der Waals surface area contributed by atoms with E-state index in [9.17, 15) is 0 Å². The Hall–Kier alpha value is -1.10. The third-order valence-corrected chi connectivity index (χ3v) is 3.80. The second kappa shape index (κ2) is 7.62. The SMILES string of the molecule is CCNCc1ccc(OC)c(CN2CCOCC2C)c1. The van der Waals surface area contributed by atoms with Gasteiger partial charge in [0.15, 0.2) is 0 Å². The number of nitrogens with zero attached hydrogens (tertiary/aromatic N) is 1. The molecule has 0 aliphatic carbocycles. The van der Waals surface area contributed by atoms with Crippen LogP contribution in [0.3, 0.4) is 0 Å². The van der Waals surface area contributed by atoms with Crippen LogP contribution in [-0.4, -0.2) is 44.4 Å². The Labute approximate surface area is 122 Å².